The number of allylic oxidation sites excluding steroid dienone is 1. The molecule has 3 rings (SSSR count). The standard InChI is InChI=1S/C21H22ClN3O3/c1-21(2,3)19(11-5-14-4-10-17-18(12-14)28-13-27-17)24-25-20(26)23-16-8-6-15(22)7-9-16/h4-12H,13H2,1-3H3,(H2,23,25,26)/b11-5+,24-19+. The van der Waals surface area contributed by atoms with Gasteiger partial charge in [-0.05, 0) is 48.0 Å². The van der Waals surface area contributed by atoms with Gasteiger partial charge < -0.3 is 14.8 Å². The van der Waals surface area contributed by atoms with E-state index in [2.05, 4.69) is 15.8 Å². The Hall–Kier alpha value is -2.99. The number of hydrogen-bond acceptors (Lipinski definition) is 4. The third-order valence-corrected chi connectivity index (χ3v) is 4.23. The molecule has 0 bridgehead atoms. The summed E-state index contributed by atoms with van der Waals surface area (Å²) in [7, 11) is 0. The van der Waals surface area contributed by atoms with Crippen molar-refractivity contribution >= 4 is 35.1 Å². The minimum absolute atomic E-state index is 0.240. The van der Waals surface area contributed by atoms with Crippen molar-refractivity contribution in [1.29, 1.82) is 0 Å². The highest BCUT2D eigenvalue weighted by Crippen LogP contribution is 2.33. The van der Waals surface area contributed by atoms with E-state index in [-0.39, 0.29) is 12.2 Å². The number of carbonyl (C=O) groups is 1. The summed E-state index contributed by atoms with van der Waals surface area (Å²) in [5, 5.41) is 7.59. The fourth-order valence-electron chi connectivity index (χ4n) is 2.45. The van der Waals surface area contributed by atoms with E-state index in [0.29, 0.717) is 10.7 Å². The summed E-state index contributed by atoms with van der Waals surface area (Å²) in [6, 6.07) is 12.1. The van der Waals surface area contributed by atoms with Crippen LogP contribution in [0.3, 0.4) is 0 Å². The van der Waals surface area contributed by atoms with Gasteiger partial charge >= 0.3 is 6.03 Å². The Morgan fingerprint density at radius 2 is 1.82 bits per heavy atom. The number of urea groups is 1. The van der Waals surface area contributed by atoms with E-state index >= 15 is 0 Å². The normalized spacial score (nSPS) is 13.6. The molecule has 1 aliphatic heterocycles. The Balaban J connectivity index is 1.69. The molecule has 2 N–H and O–H groups in total. The predicted molar refractivity (Wildman–Crippen MR) is 112 cm³/mol. The van der Waals surface area contributed by atoms with Gasteiger partial charge in [0.05, 0.1) is 5.71 Å². The summed E-state index contributed by atoms with van der Waals surface area (Å²) in [6.07, 6.45) is 3.80. The lowest BCUT2D eigenvalue weighted by Crippen LogP contribution is -2.28. The zero-order chi connectivity index (χ0) is 20.1. The molecular formula is C21H22ClN3O3. The number of rotatable bonds is 4. The maximum atomic E-state index is 12.1. The lowest BCUT2D eigenvalue weighted by atomic mass is 9.89. The second-order valence-corrected chi connectivity index (χ2v) is 7.70. The number of halogens is 1. The van der Waals surface area contributed by atoms with Crippen LogP contribution in [0.2, 0.25) is 5.02 Å². The van der Waals surface area contributed by atoms with Crippen LogP contribution < -0.4 is 20.2 Å². The fraction of sp³-hybridized carbons (Fsp3) is 0.238. The molecule has 0 fully saturated rings. The minimum atomic E-state index is -0.430. The molecule has 2 aromatic rings. The molecule has 0 unspecified atom stereocenters. The second kappa shape index (κ2) is 8.35. The monoisotopic (exact) mass is 399 g/mol. The predicted octanol–water partition coefficient (Wildman–Crippen LogP) is 5.31. The Morgan fingerprint density at radius 1 is 1.11 bits per heavy atom. The molecule has 146 valence electrons. The average molecular weight is 400 g/mol. The summed E-state index contributed by atoms with van der Waals surface area (Å²) in [4.78, 5) is 12.1. The highest BCUT2D eigenvalue weighted by Gasteiger charge is 2.18. The van der Waals surface area contributed by atoms with Crippen LogP contribution in [0.25, 0.3) is 6.08 Å². The number of amides is 2. The Morgan fingerprint density at radius 3 is 2.54 bits per heavy atom. The molecule has 2 amide bonds. The quantitative estimate of drug-likeness (QED) is 0.540. The van der Waals surface area contributed by atoms with Crippen LogP contribution in [0.4, 0.5) is 10.5 Å². The first-order valence-electron chi connectivity index (χ1n) is 8.80. The lowest BCUT2D eigenvalue weighted by Gasteiger charge is -2.18. The number of nitrogens with zero attached hydrogens (tertiary/aromatic N) is 1. The van der Waals surface area contributed by atoms with Gasteiger partial charge in [0.25, 0.3) is 0 Å². The van der Waals surface area contributed by atoms with E-state index in [4.69, 9.17) is 21.1 Å². The summed E-state index contributed by atoms with van der Waals surface area (Å²) in [6.45, 7) is 6.31. The SMILES string of the molecule is CC(C)(C)C(/C=C/c1ccc2c(c1)OCO2)=N/NC(=O)Nc1ccc(Cl)cc1. The molecule has 0 saturated carbocycles. The van der Waals surface area contributed by atoms with Crippen LogP contribution in [-0.2, 0) is 0 Å². The molecule has 1 aliphatic rings. The topological polar surface area (TPSA) is 72.0 Å². The van der Waals surface area contributed by atoms with Crippen LogP contribution in [0.15, 0.2) is 53.6 Å². The van der Waals surface area contributed by atoms with Crippen molar-refractivity contribution in [2.24, 2.45) is 10.5 Å². The zero-order valence-corrected chi connectivity index (χ0v) is 16.7. The number of nitrogens with one attached hydrogen (secondary N) is 2. The molecule has 2 aromatic carbocycles. The molecule has 7 heteroatoms. The van der Waals surface area contributed by atoms with Gasteiger partial charge in [0.15, 0.2) is 11.5 Å². The third-order valence-electron chi connectivity index (χ3n) is 3.98. The molecule has 28 heavy (non-hydrogen) atoms. The van der Waals surface area contributed by atoms with Crippen molar-refractivity contribution in [2.45, 2.75) is 20.8 Å². The number of fused-ring (bicyclic) bond motifs is 1. The van der Waals surface area contributed by atoms with E-state index in [0.717, 1.165) is 22.8 Å². The molecule has 1 heterocycles. The maximum absolute atomic E-state index is 12.1. The van der Waals surface area contributed by atoms with E-state index in [1.807, 2.05) is 51.1 Å². The van der Waals surface area contributed by atoms with Crippen LogP contribution in [0.1, 0.15) is 26.3 Å². The Kier molecular flexibility index (Phi) is 5.90. The van der Waals surface area contributed by atoms with Crippen LogP contribution in [0.5, 0.6) is 11.5 Å². The van der Waals surface area contributed by atoms with E-state index in [1.165, 1.54) is 0 Å². The first-order chi connectivity index (χ1) is 13.3. The van der Waals surface area contributed by atoms with Crippen LogP contribution in [0, 0.1) is 5.41 Å². The van der Waals surface area contributed by atoms with Crippen molar-refractivity contribution in [3.05, 3.63) is 59.1 Å². The van der Waals surface area contributed by atoms with Gasteiger partial charge in [-0.3, -0.25) is 0 Å². The van der Waals surface area contributed by atoms with Crippen molar-refractivity contribution in [3.63, 3.8) is 0 Å². The molecule has 0 atom stereocenters. The van der Waals surface area contributed by atoms with Crippen molar-refractivity contribution in [2.75, 3.05) is 12.1 Å². The summed E-state index contributed by atoms with van der Waals surface area (Å²) >= 11 is 5.84. The minimum Gasteiger partial charge on any atom is -0.454 e. The first kappa shape index (κ1) is 19.8. The lowest BCUT2D eigenvalue weighted by molar-refractivity contribution is 0.174. The first-order valence-corrected chi connectivity index (χ1v) is 9.17. The van der Waals surface area contributed by atoms with Crippen molar-refractivity contribution in [3.8, 4) is 11.5 Å². The molecule has 6 nitrogen and oxygen atoms in total. The van der Waals surface area contributed by atoms with Crippen molar-refractivity contribution < 1.29 is 14.3 Å². The number of anilines is 1. The molecule has 0 aliphatic carbocycles. The number of ether oxygens (including phenoxy) is 2. The van der Waals surface area contributed by atoms with Gasteiger partial charge in [-0.1, -0.05) is 44.5 Å². The van der Waals surface area contributed by atoms with Gasteiger partial charge in [0, 0.05) is 16.1 Å². The Bertz CT molecular complexity index is 915. The van der Waals surface area contributed by atoms with Crippen LogP contribution in [-0.4, -0.2) is 18.5 Å². The van der Waals surface area contributed by atoms with Crippen LogP contribution >= 0.6 is 11.6 Å². The summed E-state index contributed by atoms with van der Waals surface area (Å²) < 4.78 is 10.7. The van der Waals surface area contributed by atoms with Gasteiger partial charge in [-0.25, -0.2) is 10.2 Å². The average Bonchev–Trinajstić information content (AvgIpc) is 3.10. The highest BCUT2D eigenvalue weighted by molar-refractivity contribution is 6.30. The number of hydrazone groups is 1. The zero-order valence-electron chi connectivity index (χ0n) is 16.0. The van der Waals surface area contributed by atoms with E-state index < -0.39 is 6.03 Å². The molecular weight excluding hydrogens is 378 g/mol. The van der Waals surface area contributed by atoms with Crippen molar-refractivity contribution in [1.82, 2.24) is 5.43 Å². The number of benzene rings is 2. The van der Waals surface area contributed by atoms with E-state index in [9.17, 15) is 4.79 Å². The molecule has 0 spiro atoms. The third kappa shape index (κ3) is 5.27. The number of hydrogen-bond donors (Lipinski definition) is 2. The summed E-state index contributed by atoms with van der Waals surface area (Å²) in [5.74, 6) is 1.46. The largest absolute Gasteiger partial charge is 0.454 e. The van der Waals surface area contributed by atoms with Gasteiger partial charge in [0.2, 0.25) is 6.79 Å². The van der Waals surface area contributed by atoms with Gasteiger partial charge in [0.1, 0.15) is 0 Å². The smallest absolute Gasteiger partial charge is 0.339 e. The second-order valence-electron chi connectivity index (χ2n) is 7.27. The number of carbonyl (C=O) groups excluding carboxylic acids is 1. The molecule has 0 aromatic heterocycles. The molecule has 0 saturated heterocycles. The highest BCUT2D eigenvalue weighted by atomic mass is 35.5. The fourth-order valence-corrected chi connectivity index (χ4v) is 2.58. The van der Waals surface area contributed by atoms with E-state index in [1.54, 1.807) is 24.3 Å². The summed E-state index contributed by atoms with van der Waals surface area (Å²) in [5.41, 5.74) is 4.58. The maximum Gasteiger partial charge on any atom is 0.339 e. The van der Waals surface area contributed by atoms with Gasteiger partial charge in [-0.15, -0.1) is 0 Å². The Labute approximate surface area is 169 Å². The molecule has 0 radical (unpaired) electrons. The van der Waals surface area contributed by atoms with Gasteiger partial charge in [-0.2, -0.15) is 5.10 Å².